The Balaban J connectivity index is 3.40. The van der Waals surface area contributed by atoms with Crippen LogP contribution >= 0.6 is 0 Å². The Morgan fingerprint density at radius 3 is 2.50 bits per heavy atom. The van der Waals surface area contributed by atoms with E-state index in [-0.39, 0.29) is 11.4 Å². The summed E-state index contributed by atoms with van der Waals surface area (Å²) in [7, 11) is 0. The number of nitrogens with one attached hydrogen (secondary N) is 2. The van der Waals surface area contributed by atoms with E-state index >= 15 is 0 Å². The molecular weight excluding hydrogens is 228 g/mol. The standard InChI is InChI=1S/C14H28N2O2/c1-5-6-11-18-12-7-9-15-13(17)16-10-8-14(2,3)4/h8,10H,5-7,9,11-12H2,1-4H3,(H2,15,16,17)/b10-8+. The lowest BCUT2D eigenvalue weighted by Gasteiger charge is -2.11. The SMILES string of the molecule is CCCCOCCCNC(=O)N/C=C/C(C)(C)C. The van der Waals surface area contributed by atoms with Gasteiger partial charge in [0, 0.05) is 26.0 Å². The topological polar surface area (TPSA) is 50.4 Å². The number of allylic oxidation sites excluding steroid dienone is 1. The molecule has 4 heteroatoms. The zero-order valence-corrected chi connectivity index (χ0v) is 12.2. The number of rotatable bonds is 8. The van der Waals surface area contributed by atoms with Crippen LogP contribution in [-0.2, 0) is 4.74 Å². The highest BCUT2D eigenvalue weighted by Crippen LogP contribution is 2.13. The Hall–Kier alpha value is -1.03. The van der Waals surface area contributed by atoms with Crippen molar-refractivity contribution in [2.75, 3.05) is 19.8 Å². The Morgan fingerprint density at radius 2 is 1.89 bits per heavy atom. The summed E-state index contributed by atoms with van der Waals surface area (Å²) in [6.45, 7) is 10.5. The van der Waals surface area contributed by atoms with E-state index in [9.17, 15) is 4.79 Å². The number of hydrogen-bond acceptors (Lipinski definition) is 2. The normalized spacial score (nSPS) is 11.8. The number of hydrogen-bond donors (Lipinski definition) is 2. The Labute approximate surface area is 111 Å². The lowest BCUT2D eigenvalue weighted by molar-refractivity contribution is 0.129. The molecule has 0 bridgehead atoms. The van der Waals surface area contributed by atoms with E-state index in [1.807, 2.05) is 6.08 Å². The van der Waals surface area contributed by atoms with Crippen LogP contribution in [0.15, 0.2) is 12.3 Å². The number of unbranched alkanes of at least 4 members (excludes halogenated alkanes) is 1. The molecule has 106 valence electrons. The van der Waals surface area contributed by atoms with Gasteiger partial charge in [0.05, 0.1) is 0 Å². The molecule has 0 spiro atoms. The molecule has 2 N–H and O–H groups in total. The van der Waals surface area contributed by atoms with Gasteiger partial charge in [-0.2, -0.15) is 0 Å². The van der Waals surface area contributed by atoms with Gasteiger partial charge in [-0.05, 0) is 18.3 Å². The van der Waals surface area contributed by atoms with Crippen LogP contribution < -0.4 is 10.6 Å². The Kier molecular flexibility index (Phi) is 9.38. The van der Waals surface area contributed by atoms with Gasteiger partial charge in [-0.15, -0.1) is 0 Å². The van der Waals surface area contributed by atoms with Gasteiger partial charge < -0.3 is 15.4 Å². The molecule has 0 aliphatic rings. The molecule has 0 aromatic rings. The van der Waals surface area contributed by atoms with Crippen molar-refractivity contribution in [2.45, 2.75) is 47.0 Å². The van der Waals surface area contributed by atoms with E-state index in [0.29, 0.717) is 13.2 Å². The molecule has 0 aromatic heterocycles. The van der Waals surface area contributed by atoms with Crippen LogP contribution in [0.4, 0.5) is 4.79 Å². The minimum Gasteiger partial charge on any atom is -0.381 e. The first kappa shape index (κ1) is 17.0. The molecule has 0 radical (unpaired) electrons. The molecule has 0 aliphatic heterocycles. The maximum atomic E-state index is 11.3. The molecular formula is C14H28N2O2. The van der Waals surface area contributed by atoms with Crippen molar-refractivity contribution < 1.29 is 9.53 Å². The van der Waals surface area contributed by atoms with Crippen molar-refractivity contribution in [3.05, 3.63) is 12.3 Å². The van der Waals surface area contributed by atoms with Crippen LogP contribution in [0.5, 0.6) is 0 Å². The summed E-state index contributed by atoms with van der Waals surface area (Å²) in [5, 5.41) is 5.46. The van der Waals surface area contributed by atoms with Gasteiger partial charge in [0.25, 0.3) is 0 Å². The maximum absolute atomic E-state index is 11.3. The number of carbonyl (C=O) groups is 1. The first-order chi connectivity index (χ1) is 8.45. The van der Waals surface area contributed by atoms with Gasteiger partial charge in [-0.25, -0.2) is 4.79 Å². The quantitative estimate of drug-likeness (QED) is 0.656. The summed E-state index contributed by atoms with van der Waals surface area (Å²) in [6.07, 6.45) is 6.75. The largest absolute Gasteiger partial charge is 0.381 e. The van der Waals surface area contributed by atoms with Crippen LogP contribution in [0.25, 0.3) is 0 Å². The van der Waals surface area contributed by atoms with Crippen molar-refractivity contribution in [1.29, 1.82) is 0 Å². The second kappa shape index (κ2) is 9.95. The number of urea groups is 1. The second-order valence-corrected chi connectivity index (χ2v) is 5.42. The highest BCUT2D eigenvalue weighted by atomic mass is 16.5. The second-order valence-electron chi connectivity index (χ2n) is 5.42. The minimum atomic E-state index is -0.163. The van der Waals surface area contributed by atoms with E-state index in [1.54, 1.807) is 6.20 Å². The highest BCUT2D eigenvalue weighted by molar-refractivity contribution is 5.74. The van der Waals surface area contributed by atoms with Gasteiger partial charge >= 0.3 is 6.03 Å². The zero-order chi connectivity index (χ0) is 13.9. The third kappa shape index (κ3) is 13.0. The van der Waals surface area contributed by atoms with Crippen LogP contribution in [0, 0.1) is 5.41 Å². The van der Waals surface area contributed by atoms with Gasteiger partial charge in [0.15, 0.2) is 0 Å². The molecule has 0 rings (SSSR count). The fourth-order valence-electron chi connectivity index (χ4n) is 1.14. The van der Waals surface area contributed by atoms with Crippen molar-refractivity contribution in [2.24, 2.45) is 5.41 Å². The van der Waals surface area contributed by atoms with Gasteiger partial charge in [0.2, 0.25) is 0 Å². The van der Waals surface area contributed by atoms with Crippen molar-refractivity contribution in [3.8, 4) is 0 Å². The van der Waals surface area contributed by atoms with Crippen molar-refractivity contribution in [1.82, 2.24) is 10.6 Å². The van der Waals surface area contributed by atoms with Gasteiger partial charge in [-0.3, -0.25) is 0 Å². The number of amides is 2. The lowest BCUT2D eigenvalue weighted by Crippen LogP contribution is -2.33. The molecule has 0 aromatic carbocycles. The molecule has 18 heavy (non-hydrogen) atoms. The summed E-state index contributed by atoms with van der Waals surface area (Å²) in [5.74, 6) is 0. The summed E-state index contributed by atoms with van der Waals surface area (Å²) >= 11 is 0. The number of carbonyl (C=O) groups excluding carboxylic acids is 1. The van der Waals surface area contributed by atoms with Crippen molar-refractivity contribution in [3.63, 3.8) is 0 Å². The predicted octanol–water partition coefficient (Wildman–Crippen LogP) is 3.05. The Bertz CT molecular complexity index is 245. The third-order valence-electron chi connectivity index (χ3n) is 2.19. The molecule has 0 aliphatic carbocycles. The fourth-order valence-corrected chi connectivity index (χ4v) is 1.14. The third-order valence-corrected chi connectivity index (χ3v) is 2.19. The highest BCUT2D eigenvalue weighted by Gasteiger charge is 2.03. The first-order valence-corrected chi connectivity index (χ1v) is 6.75. The average Bonchev–Trinajstić information content (AvgIpc) is 2.26. The summed E-state index contributed by atoms with van der Waals surface area (Å²) in [4.78, 5) is 11.3. The molecule has 2 amide bonds. The monoisotopic (exact) mass is 256 g/mol. The maximum Gasteiger partial charge on any atom is 0.318 e. The fraction of sp³-hybridized carbons (Fsp3) is 0.786. The first-order valence-electron chi connectivity index (χ1n) is 6.75. The molecule has 0 unspecified atom stereocenters. The molecule has 0 fully saturated rings. The average molecular weight is 256 g/mol. The Morgan fingerprint density at radius 1 is 1.22 bits per heavy atom. The van der Waals surface area contributed by atoms with E-state index in [2.05, 4.69) is 38.3 Å². The van der Waals surface area contributed by atoms with E-state index in [0.717, 1.165) is 25.9 Å². The van der Waals surface area contributed by atoms with Crippen LogP contribution in [0.1, 0.15) is 47.0 Å². The van der Waals surface area contributed by atoms with Crippen LogP contribution in [0.3, 0.4) is 0 Å². The van der Waals surface area contributed by atoms with E-state index in [4.69, 9.17) is 4.74 Å². The summed E-state index contributed by atoms with van der Waals surface area (Å²) in [6, 6.07) is -0.163. The van der Waals surface area contributed by atoms with Crippen LogP contribution in [-0.4, -0.2) is 25.8 Å². The molecule has 0 saturated carbocycles. The summed E-state index contributed by atoms with van der Waals surface area (Å²) < 4.78 is 5.40. The zero-order valence-electron chi connectivity index (χ0n) is 12.2. The van der Waals surface area contributed by atoms with Gasteiger partial charge in [-0.1, -0.05) is 40.2 Å². The molecule has 0 saturated heterocycles. The smallest absolute Gasteiger partial charge is 0.318 e. The van der Waals surface area contributed by atoms with Crippen molar-refractivity contribution >= 4 is 6.03 Å². The van der Waals surface area contributed by atoms with Gasteiger partial charge in [0.1, 0.15) is 0 Å². The van der Waals surface area contributed by atoms with Crippen LogP contribution in [0.2, 0.25) is 0 Å². The summed E-state index contributed by atoms with van der Waals surface area (Å²) in [5.41, 5.74) is 0.0837. The van der Waals surface area contributed by atoms with E-state index in [1.165, 1.54) is 0 Å². The minimum absolute atomic E-state index is 0.0837. The molecule has 4 nitrogen and oxygen atoms in total. The molecule has 0 heterocycles. The number of ether oxygens (including phenoxy) is 1. The molecule has 0 atom stereocenters. The lowest BCUT2D eigenvalue weighted by atomic mass is 9.97. The predicted molar refractivity (Wildman–Crippen MR) is 75.5 cm³/mol. The van der Waals surface area contributed by atoms with E-state index < -0.39 is 0 Å².